The van der Waals surface area contributed by atoms with Crippen LogP contribution in [0.1, 0.15) is 31.5 Å². The first-order valence-electron chi connectivity index (χ1n) is 7.40. The highest BCUT2D eigenvalue weighted by molar-refractivity contribution is 7.14. The fourth-order valence-electron chi connectivity index (χ4n) is 2.08. The van der Waals surface area contributed by atoms with E-state index in [0.717, 1.165) is 21.8 Å². The van der Waals surface area contributed by atoms with Gasteiger partial charge in [-0.15, -0.1) is 11.3 Å². The molecule has 0 saturated heterocycles. The summed E-state index contributed by atoms with van der Waals surface area (Å²) in [6, 6.07) is 7.58. The van der Waals surface area contributed by atoms with Gasteiger partial charge in [0, 0.05) is 24.8 Å². The maximum atomic E-state index is 12.4. The lowest BCUT2D eigenvalue weighted by Crippen LogP contribution is -1.93. The molecule has 0 aromatic carbocycles. The molecule has 0 aliphatic carbocycles. The van der Waals surface area contributed by atoms with E-state index in [1.807, 2.05) is 43.3 Å². The van der Waals surface area contributed by atoms with Crippen molar-refractivity contribution in [2.75, 3.05) is 0 Å². The summed E-state index contributed by atoms with van der Waals surface area (Å²) < 4.78 is 0. The van der Waals surface area contributed by atoms with E-state index in [-0.39, 0.29) is 5.78 Å². The molecule has 0 N–H and O–H groups in total. The molecule has 4 nitrogen and oxygen atoms in total. The van der Waals surface area contributed by atoms with Crippen LogP contribution in [-0.2, 0) is 0 Å². The van der Waals surface area contributed by atoms with Crippen molar-refractivity contribution >= 4 is 35.3 Å². The van der Waals surface area contributed by atoms with Crippen molar-refractivity contribution in [3.8, 4) is 0 Å². The highest BCUT2D eigenvalue weighted by atomic mass is 32.1. The summed E-state index contributed by atoms with van der Waals surface area (Å²) in [6.07, 6.45) is 14.1. The zero-order valence-corrected chi connectivity index (χ0v) is 13.9. The molecule has 0 aliphatic heterocycles. The number of hydrogen-bond acceptors (Lipinski definition) is 5. The third-order valence-electron chi connectivity index (χ3n) is 3.25. The number of hydrogen-bond donors (Lipinski definition) is 0. The van der Waals surface area contributed by atoms with Crippen LogP contribution in [0.3, 0.4) is 0 Å². The maximum absolute atomic E-state index is 12.4. The Balaban J connectivity index is 1.75. The van der Waals surface area contributed by atoms with Crippen LogP contribution in [0.5, 0.6) is 0 Å². The molecule has 0 atom stereocenters. The van der Waals surface area contributed by atoms with E-state index in [1.54, 1.807) is 36.9 Å². The molecule has 24 heavy (non-hydrogen) atoms. The summed E-state index contributed by atoms with van der Waals surface area (Å²) in [5.74, 6) is -0.0464. The Morgan fingerprint density at radius 2 is 1.67 bits per heavy atom. The first-order chi connectivity index (χ1) is 11.7. The Kier molecular flexibility index (Phi) is 5.03. The van der Waals surface area contributed by atoms with Gasteiger partial charge < -0.3 is 0 Å². The van der Waals surface area contributed by atoms with E-state index in [9.17, 15) is 4.79 Å². The summed E-state index contributed by atoms with van der Waals surface area (Å²) in [5.41, 5.74) is 2.63. The van der Waals surface area contributed by atoms with Crippen molar-refractivity contribution in [2.45, 2.75) is 6.92 Å². The van der Waals surface area contributed by atoms with Crippen molar-refractivity contribution in [3.05, 3.63) is 81.8 Å². The van der Waals surface area contributed by atoms with Crippen molar-refractivity contribution in [1.29, 1.82) is 0 Å². The van der Waals surface area contributed by atoms with Crippen LogP contribution in [0.4, 0.5) is 0 Å². The number of rotatable bonds is 5. The van der Waals surface area contributed by atoms with Gasteiger partial charge in [0.05, 0.1) is 10.6 Å². The van der Waals surface area contributed by atoms with E-state index in [0.29, 0.717) is 4.88 Å². The van der Waals surface area contributed by atoms with E-state index >= 15 is 0 Å². The number of thiazole rings is 1. The normalized spacial score (nSPS) is 11.4. The Labute approximate surface area is 144 Å². The lowest BCUT2D eigenvalue weighted by Gasteiger charge is -1.92. The topological polar surface area (TPSA) is 55.7 Å². The highest BCUT2D eigenvalue weighted by Gasteiger charge is 2.11. The number of pyridine rings is 2. The molecule has 0 bridgehead atoms. The SMILES string of the molecule is Cc1nc(C=Cc2cccnc2)sc1C(=O)C=Cc1cccnc1. The van der Waals surface area contributed by atoms with Gasteiger partial charge in [0.25, 0.3) is 0 Å². The van der Waals surface area contributed by atoms with Gasteiger partial charge in [0.1, 0.15) is 5.01 Å². The molecule has 3 rings (SSSR count). The molecular formula is C19H15N3OS. The van der Waals surface area contributed by atoms with E-state index < -0.39 is 0 Å². The Morgan fingerprint density at radius 1 is 1.00 bits per heavy atom. The predicted molar refractivity (Wildman–Crippen MR) is 97.6 cm³/mol. The molecule has 3 aromatic rings. The molecule has 0 saturated carbocycles. The molecule has 3 heterocycles. The quantitative estimate of drug-likeness (QED) is 0.516. The fourth-order valence-corrected chi connectivity index (χ4v) is 2.97. The van der Waals surface area contributed by atoms with Gasteiger partial charge in [0.15, 0.2) is 5.78 Å². The second-order valence-electron chi connectivity index (χ2n) is 5.07. The van der Waals surface area contributed by atoms with E-state index in [4.69, 9.17) is 0 Å². The number of ketones is 1. The summed E-state index contributed by atoms with van der Waals surface area (Å²) in [7, 11) is 0. The summed E-state index contributed by atoms with van der Waals surface area (Å²) >= 11 is 1.39. The Hall–Kier alpha value is -2.92. The van der Waals surface area contributed by atoms with Crippen LogP contribution >= 0.6 is 11.3 Å². The molecule has 0 fully saturated rings. The van der Waals surface area contributed by atoms with Crippen LogP contribution in [0.2, 0.25) is 0 Å². The molecule has 0 amide bonds. The molecule has 3 aromatic heterocycles. The minimum Gasteiger partial charge on any atom is -0.288 e. The first kappa shape index (κ1) is 16.0. The van der Waals surface area contributed by atoms with Gasteiger partial charge in [-0.3, -0.25) is 14.8 Å². The number of carbonyl (C=O) groups excluding carboxylic acids is 1. The number of nitrogens with zero attached hydrogens (tertiary/aromatic N) is 3. The molecule has 0 radical (unpaired) electrons. The molecule has 118 valence electrons. The number of aromatic nitrogens is 3. The molecular weight excluding hydrogens is 318 g/mol. The minimum absolute atomic E-state index is 0.0464. The van der Waals surface area contributed by atoms with Crippen LogP contribution < -0.4 is 0 Å². The standard InChI is InChI=1S/C19H15N3OS/c1-14-19(17(23)8-6-15-4-2-10-20-12-15)24-18(22-14)9-7-16-5-3-11-21-13-16/h2-13H,1H3. The highest BCUT2D eigenvalue weighted by Crippen LogP contribution is 2.21. The lowest BCUT2D eigenvalue weighted by atomic mass is 10.2. The first-order valence-corrected chi connectivity index (χ1v) is 8.22. The molecule has 5 heteroatoms. The van der Waals surface area contributed by atoms with Crippen molar-refractivity contribution in [3.63, 3.8) is 0 Å². The van der Waals surface area contributed by atoms with E-state index in [1.165, 1.54) is 11.3 Å². The average molecular weight is 333 g/mol. The smallest absolute Gasteiger partial charge is 0.197 e. The zero-order valence-electron chi connectivity index (χ0n) is 13.1. The zero-order chi connectivity index (χ0) is 16.8. The van der Waals surface area contributed by atoms with Gasteiger partial charge >= 0.3 is 0 Å². The van der Waals surface area contributed by atoms with Gasteiger partial charge in [-0.2, -0.15) is 0 Å². The maximum Gasteiger partial charge on any atom is 0.197 e. The van der Waals surface area contributed by atoms with Crippen LogP contribution in [0.15, 0.2) is 55.1 Å². The van der Waals surface area contributed by atoms with Gasteiger partial charge in [-0.1, -0.05) is 18.2 Å². The van der Waals surface area contributed by atoms with Crippen molar-refractivity contribution in [2.24, 2.45) is 0 Å². The Bertz CT molecular complexity index is 883. The van der Waals surface area contributed by atoms with E-state index in [2.05, 4.69) is 15.0 Å². The summed E-state index contributed by atoms with van der Waals surface area (Å²) in [4.78, 5) is 25.5. The number of carbonyl (C=O) groups is 1. The third-order valence-corrected chi connectivity index (χ3v) is 4.39. The van der Waals surface area contributed by atoms with Gasteiger partial charge in [-0.25, -0.2) is 4.98 Å². The third kappa shape index (κ3) is 4.08. The predicted octanol–water partition coefficient (Wildman–Crippen LogP) is 4.31. The van der Waals surface area contributed by atoms with Crippen LogP contribution in [-0.4, -0.2) is 20.7 Å². The second-order valence-corrected chi connectivity index (χ2v) is 6.10. The Morgan fingerprint density at radius 3 is 2.29 bits per heavy atom. The number of allylic oxidation sites excluding steroid dienone is 1. The summed E-state index contributed by atoms with van der Waals surface area (Å²) in [5, 5.41) is 0.800. The second kappa shape index (κ2) is 7.57. The van der Waals surface area contributed by atoms with Gasteiger partial charge in [-0.05, 0) is 48.4 Å². The number of aryl methyl sites for hydroxylation is 1. The largest absolute Gasteiger partial charge is 0.288 e. The summed E-state index contributed by atoms with van der Waals surface area (Å²) in [6.45, 7) is 1.85. The minimum atomic E-state index is -0.0464. The van der Waals surface area contributed by atoms with Crippen LogP contribution in [0, 0.1) is 6.92 Å². The van der Waals surface area contributed by atoms with Crippen molar-refractivity contribution in [1.82, 2.24) is 15.0 Å². The molecule has 0 spiro atoms. The molecule has 0 unspecified atom stereocenters. The lowest BCUT2D eigenvalue weighted by molar-refractivity contribution is 0.105. The monoisotopic (exact) mass is 333 g/mol. The van der Waals surface area contributed by atoms with Crippen molar-refractivity contribution < 1.29 is 4.79 Å². The average Bonchev–Trinajstić information content (AvgIpc) is 3.00. The van der Waals surface area contributed by atoms with Gasteiger partial charge in [0.2, 0.25) is 0 Å². The van der Waals surface area contributed by atoms with Crippen LogP contribution in [0.25, 0.3) is 18.2 Å². The molecule has 0 aliphatic rings. The fraction of sp³-hybridized carbons (Fsp3) is 0.0526.